The van der Waals surface area contributed by atoms with E-state index in [1.165, 1.54) is 22.3 Å². The summed E-state index contributed by atoms with van der Waals surface area (Å²) in [5.74, 6) is 0. The fourth-order valence-corrected chi connectivity index (χ4v) is 3.95. The van der Waals surface area contributed by atoms with E-state index in [0.717, 1.165) is 22.2 Å². The van der Waals surface area contributed by atoms with Crippen molar-refractivity contribution in [3.63, 3.8) is 0 Å². The van der Waals surface area contributed by atoms with Crippen molar-refractivity contribution in [2.45, 2.75) is 19.3 Å². The summed E-state index contributed by atoms with van der Waals surface area (Å²) in [4.78, 5) is 13.4. The van der Waals surface area contributed by atoms with Crippen molar-refractivity contribution in [1.29, 1.82) is 0 Å². The third-order valence-corrected chi connectivity index (χ3v) is 5.23. The second-order valence-corrected chi connectivity index (χ2v) is 7.05. The maximum Gasteiger partial charge on any atom is 0.115 e. The molecule has 2 heterocycles. The van der Waals surface area contributed by atoms with Crippen molar-refractivity contribution < 1.29 is 0 Å². The molecule has 1 aliphatic carbocycles. The quantitative estimate of drug-likeness (QED) is 0.495. The molecule has 1 aliphatic rings. The van der Waals surface area contributed by atoms with Gasteiger partial charge < -0.3 is 0 Å². The molecule has 0 bridgehead atoms. The molecule has 0 atom stereocenters. The van der Waals surface area contributed by atoms with Gasteiger partial charge >= 0.3 is 0 Å². The lowest BCUT2D eigenvalue weighted by molar-refractivity contribution is 0.635. The van der Waals surface area contributed by atoms with Crippen LogP contribution in [0.3, 0.4) is 0 Å². The number of hydrogen-bond donors (Lipinski definition) is 0. The van der Waals surface area contributed by atoms with E-state index in [1.54, 1.807) is 6.33 Å². The number of aromatic nitrogens is 3. The monoisotopic (exact) mass is 323 g/mol. The van der Waals surface area contributed by atoms with Gasteiger partial charge in [0.25, 0.3) is 0 Å². The number of benzene rings is 2. The van der Waals surface area contributed by atoms with Crippen LogP contribution in [0.2, 0.25) is 0 Å². The molecule has 3 heteroatoms. The minimum absolute atomic E-state index is 0.123. The van der Waals surface area contributed by atoms with Gasteiger partial charge in [-0.3, -0.25) is 4.98 Å². The van der Waals surface area contributed by atoms with E-state index in [0.29, 0.717) is 0 Å². The van der Waals surface area contributed by atoms with Gasteiger partial charge in [-0.25, -0.2) is 9.97 Å². The molecule has 0 unspecified atom stereocenters. The van der Waals surface area contributed by atoms with Crippen LogP contribution in [0, 0.1) is 0 Å². The van der Waals surface area contributed by atoms with Crippen LogP contribution in [0.1, 0.15) is 25.1 Å². The molecule has 0 amide bonds. The highest BCUT2D eigenvalue weighted by atomic mass is 14.8. The molecule has 25 heavy (non-hydrogen) atoms. The topological polar surface area (TPSA) is 38.7 Å². The molecule has 5 rings (SSSR count). The molecule has 4 aromatic rings. The Labute approximate surface area is 146 Å². The van der Waals surface area contributed by atoms with Gasteiger partial charge in [-0.2, -0.15) is 0 Å². The van der Waals surface area contributed by atoms with E-state index in [9.17, 15) is 0 Å². The molecule has 0 saturated carbocycles. The van der Waals surface area contributed by atoms with Crippen LogP contribution in [-0.2, 0) is 5.41 Å². The average molecular weight is 323 g/mol. The van der Waals surface area contributed by atoms with Crippen molar-refractivity contribution in [3.05, 3.63) is 78.5 Å². The highest BCUT2D eigenvalue weighted by Crippen LogP contribution is 2.48. The van der Waals surface area contributed by atoms with Gasteiger partial charge in [-0.05, 0) is 28.8 Å². The molecule has 0 saturated heterocycles. The average Bonchev–Trinajstić information content (AvgIpc) is 2.89. The zero-order chi connectivity index (χ0) is 17.0. The molecular formula is C22H17N3. The standard InChI is InChI=1S/C22H17N3/c1-22(2)19-11-15(8-9-17(19)18-12-23-13-25-21(18)22)16-7-3-5-14-6-4-10-24-20(14)16/h3-13H,1-2H3. The lowest BCUT2D eigenvalue weighted by Crippen LogP contribution is -2.16. The largest absolute Gasteiger partial charge is 0.256 e. The van der Waals surface area contributed by atoms with Gasteiger partial charge in [-0.15, -0.1) is 0 Å². The van der Waals surface area contributed by atoms with Gasteiger partial charge in [0.15, 0.2) is 0 Å². The predicted molar refractivity (Wildman–Crippen MR) is 100 cm³/mol. The molecule has 120 valence electrons. The molecule has 0 spiro atoms. The maximum absolute atomic E-state index is 4.60. The zero-order valence-electron chi connectivity index (χ0n) is 14.2. The highest BCUT2D eigenvalue weighted by molar-refractivity contribution is 5.94. The van der Waals surface area contributed by atoms with Crippen molar-refractivity contribution >= 4 is 10.9 Å². The molecule has 0 fully saturated rings. The van der Waals surface area contributed by atoms with Crippen molar-refractivity contribution in [2.75, 3.05) is 0 Å². The Balaban J connectivity index is 1.76. The lowest BCUT2D eigenvalue weighted by Gasteiger charge is -2.20. The normalized spacial score (nSPS) is 14.3. The van der Waals surface area contributed by atoms with Crippen molar-refractivity contribution in [3.8, 4) is 22.3 Å². The van der Waals surface area contributed by atoms with E-state index in [4.69, 9.17) is 0 Å². The summed E-state index contributed by atoms with van der Waals surface area (Å²) >= 11 is 0. The second-order valence-electron chi connectivity index (χ2n) is 7.05. The van der Waals surface area contributed by atoms with Crippen LogP contribution in [-0.4, -0.2) is 15.0 Å². The van der Waals surface area contributed by atoms with Crippen LogP contribution in [0.4, 0.5) is 0 Å². The van der Waals surface area contributed by atoms with Gasteiger partial charge in [0.1, 0.15) is 6.33 Å². The SMILES string of the molecule is CC1(C)c2cc(-c3cccc4cccnc34)ccc2-c2cncnc21. The summed E-state index contributed by atoms with van der Waals surface area (Å²) in [6.45, 7) is 4.46. The number of fused-ring (bicyclic) bond motifs is 4. The fraction of sp³-hybridized carbons (Fsp3) is 0.136. The van der Waals surface area contributed by atoms with Gasteiger partial charge in [0.2, 0.25) is 0 Å². The number of hydrogen-bond acceptors (Lipinski definition) is 3. The highest BCUT2D eigenvalue weighted by Gasteiger charge is 2.37. The molecule has 3 nitrogen and oxygen atoms in total. The van der Waals surface area contributed by atoms with E-state index >= 15 is 0 Å². The Morgan fingerprint density at radius 1 is 0.840 bits per heavy atom. The van der Waals surface area contributed by atoms with Crippen LogP contribution < -0.4 is 0 Å². The molecule has 0 radical (unpaired) electrons. The summed E-state index contributed by atoms with van der Waals surface area (Å²) in [5, 5.41) is 1.16. The summed E-state index contributed by atoms with van der Waals surface area (Å²) in [6.07, 6.45) is 5.42. The Hall–Kier alpha value is -3.07. The minimum Gasteiger partial charge on any atom is -0.256 e. The smallest absolute Gasteiger partial charge is 0.115 e. The number of nitrogens with zero attached hydrogens (tertiary/aromatic N) is 3. The van der Waals surface area contributed by atoms with Crippen molar-refractivity contribution in [1.82, 2.24) is 15.0 Å². The van der Waals surface area contributed by atoms with Crippen LogP contribution in [0.15, 0.2) is 67.3 Å². The summed E-state index contributed by atoms with van der Waals surface area (Å²) in [7, 11) is 0. The molecule has 2 aromatic carbocycles. The van der Waals surface area contributed by atoms with E-state index in [-0.39, 0.29) is 5.41 Å². The Morgan fingerprint density at radius 2 is 1.72 bits per heavy atom. The van der Waals surface area contributed by atoms with Gasteiger partial charge in [0.05, 0.1) is 11.2 Å². The fourth-order valence-electron chi connectivity index (χ4n) is 3.95. The van der Waals surface area contributed by atoms with E-state index in [2.05, 4.69) is 71.3 Å². The predicted octanol–water partition coefficient (Wildman–Crippen LogP) is 5.00. The maximum atomic E-state index is 4.60. The number of pyridine rings is 1. The summed E-state index contributed by atoms with van der Waals surface area (Å²) in [6, 6.07) is 17.1. The first-order valence-electron chi connectivity index (χ1n) is 8.46. The molecule has 0 N–H and O–H groups in total. The third kappa shape index (κ3) is 1.96. The third-order valence-electron chi connectivity index (χ3n) is 5.23. The first-order valence-corrected chi connectivity index (χ1v) is 8.46. The number of rotatable bonds is 1. The van der Waals surface area contributed by atoms with Crippen LogP contribution >= 0.6 is 0 Å². The zero-order valence-corrected chi connectivity index (χ0v) is 14.2. The first-order chi connectivity index (χ1) is 12.2. The first kappa shape index (κ1) is 14.3. The van der Waals surface area contributed by atoms with Crippen LogP contribution in [0.5, 0.6) is 0 Å². The Kier molecular flexibility index (Phi) is 2.84. The molecule has 0 aliphatic heterocycles. The van der Waals surface area contributed by atoms with E-state index in [1.807, 2.05) is 18.5 Å². The van der Waals surface area contributed by atoms with Crippen molar-refractivity contribution in [2.24, 2.45) is 0 Å². The van der Waals surface area contributed by atoms with Gasteiger partial charge in [-0.1, -0.05) is 50.2 Å². The summed E-state index contributed by atoms with van der Waals surface area (Å²) < 4.78 is 0. The lowest BCUT2D eigenvalue weighted by atomic mass is 9.84. The van der Waals surface area contributed by atoms with Gasteiger partial charge in [0, 0.05) is 34.3 Å². The minimum atomic E-state index is -0.123. The van der Waals surface area contributed by atoms with Crippen LogP contribution in [0.25, 0.3) is 33.2 Å². The van der Waals surface area contributed by atoms with E-state index < -0.39 is 0 Å². The Bertz CT molecular complexity index is 1120. The molecular weight excluding hydrogens is 306 g/mol. The second kappa shape index (κ2) is 4.96. The summed E-state index contributed by atoms with van der Waals surface area (Å²) in [5.41, 5.74) is 8.05. The Morgan fingerprint density at radius 3 is 2.64 bits per heavy atom. The number of para-hydroxylation sites is 1. The molecule has 2 aromatic heterocycles.